The lowest BCUT2D eigenvalue weighted by Crippen LogP contribution is -2.31. The number of hydrogen-bond acceptors (Lipinski definition) is 4. The van der Waals surface area contributed by atoms with Crippen LogP contribution in [-0.4, -0.2) is 35.5 Å². The average Bonchev–Trinajstić information content (AvgIpc) is 2.90. The van der Waals surface area contributed by atoms with Gasteiger partial charge in [0.1, 0.15) is 18.9 Å². The number of nitrogens with zero attached hydrogens (tertiary/aromatic N) is 1. The van der Waals surface area contributed by atoms with Crippen LogP contribution in [0.15, 0.2) is 33.4 Å². The zero-order chi connectivity index (χ0) is 17.0. The van der Waals surface area contributed by atoms with Crippen LogP contribution in [0.1, 0.15) is 21.5 Å². The first-order valence-corrected chi connectivity index (χ1v) is 8.47. The van der Waals surface area contributed by atoms with Gasteiger partial charge in [0.15, 0.2) is 0 Å². The molecule has 122 valence electrons. The van der Waals surface area contributed by atoms with Crippen LogP contribution < -0.4 is 4.74 Å². The molecule has 0 fully saturated rings. The van der Waals surface area contributed by atoms with Crippen molar-refractivity contribution in [3.05, 3.63) is 50.1 Å². The van der Waals surface area contributed by atoms with Gasteiger partial charge in [-0.2, -0.15) is 0 Å². The van der Waals surface area contributed by atoms with E-state index in [1.165, 1.54) is 7.05 Å². The number of hydrogen-bond donors (Lipinski definition) is 1. The third-order valence-electron chi connectivity index (χ3n) is 3.17. The summed E-state index contributed by atoms with van der Waals surface area (Å²) in [7, 11) is 1.46. The standard InChI is InChI=1S/C16H16BrNO4S/c1-10-3-4-12(16(21)18(2)7-15(19)20)6-13(10)22-8-11-5-14(17)23-9-11/h3-6,9H,7-8H2,1-2H3,(H,19,20). The summed E-state index contributed by atoms with van der Waals surface area (Å²) in [5, 5.41) is 10.8. The molecule has 7 heteroatoms. The van der Waals surface area contributed by atoms with Gasteiger partial charge < -0.3 is 14.7 Å². The van der Waals surface area contributed by atoms with E-state index < -0.39 is 5.97 Å². The second-order valence-electron chi connectivity index (χ2n) is 5.08. The Morgan fingerprint density at radius 2 is 2.09 bits per heavy atom. The molecule has 0 aliphatic rings. The lowest BCUT2D eigenvalue weighted by molar-refractivity contribution is -0.137. The van der Waals surface area contributed by atoms with E-state index >= 15 is 0 Å². The number of rotatable bonds is 6. The summed E-state index contributed by atoms with van der Waals surface area (Å²) >= 11 is 4.99. The minimum absolute atomic E-state index is 0.341. The van der Waals surface area contributed by atoms with Crippen LogP contribution in [0.2, 0.25) is 0 Å². The average molecular weight is 398 g/mol. The molecule has 1 aromatic heterocycles. The van der Waals surface area contributed by atoms with E-state index in [4.69, 9.17) is 9.84 Å². The Kier molecular flexibility index (Phi) is 5.79. The van der Waals surface area contributed by atoms with Crippen molar-refractivity contribution in [3.63, 3.8) is 0 Å². The van der Waals surface area contributed by atoms with Gasteiger partial charge in [-0.3, -0.25) is 9.59 Å². The van der Waals surface area contributed by atoms with Crippen LogP contribution in [0.25, 0.3) is 0 Å². The van der Waals surface area contributed by atoms with Crippen molar-refractivity contribution in [2.45, 2.75) is 13.5 Å². The number of aliphatic carboxylic acids is 1. The van der Waals surface area contributed by atoms with Crippen molar-refractivity contribution < 1.29 is 19.4 Å². The first kappa shape index (κ1) is 17.5. The highest BCUT2D eigenvalue weighted by atomic mass is 79.9. The Morgan fingerprint density at radius 1 is 1.35 bits per heavy atom. The van der Waals surface area contributed by atoms with Crippen molar-refractivity contribution in [1.29, 1.82) is 0 Å². The first-order valence-electron chi connectivity index (χ1n) is 6.80. The molecule has 23 heavy (non-hydrogen) atoms. The van der Waals surface area contributed by atoms with Crippen molar-refractivity contribution in [3.8, 4) is 5.75 Å². The third-order valence-corrected chi connectivity index (χ3v) is 4.72. The monoisotopic (exact) mass is 397 g/mol. The van der Waals surface area contributed by atoms with E-state index in [1.807, 2.05) is 18.4 Å². The summed E-state index contributed by atoms with van der Waals surface area (Å²) in [5.41, 5.74) is 2.36. The van der Waals surface area contributed by atoms with Crippen molar-refractivity contribution in [1.82, 2.24) is 4.90 Å². The number of carboxylic acids is 1. The Balaban J connectivity index is 2.11. The predicted octanol–water partition coefficient (Wildman–Crippen LogP) is 3.55. The van der Waals surface area contributed by atoms with Gasteiger partial charge in [0.2, 0.25) is 0 Å². The van der Waals surface area contributed by atoms with Gasteiger partial charge in [-0.05, 0) is 52.0 Å². The molecule has 5 nitrogen and oxygen atoms in total. The zero-order valence-corrected chi connectivity index (χ0v) is 15.1. The molecular weight excluding hydrogens is 382 g/mol. The molecule has 0 saturated carbocycles. The molecule has 2 aromatic rings. The lowest BCUT2D eigenvalue weighted by Gasteiger charge is -2.16. The van der Waals surface area contributed by atoms with Gasteiger partial charge in [-0.1, -0.05) is 6.07 Å². The highest BCUT2D eigenvalue weighted by Crippen LogP contribution is 2.24. The van der Waals surface area contributed by atoms with E-state index in [0.717, 1.165) is 19.8 Å². The SMILES string of the molecule is Cc1ccc(C(=O)N(C)CC(=O)O)cc1OCc1csc(Br)c1. The lowest BCUT2D eigenvalue weighted by atomic mass is 10.1. The molecule has 0 unspecified atom stereocenters. The predicted molar refractivity (Wildman–Crippen MR) is 92.1 cm³/mol. The summed E-state index contributed by atoms with van der Waals surface area (Å²) in [4.78, 5) is 24.1. The van der Waals surface area contributed by atoms with Gasteiger partial charge in [-0.15, -0.1) is 11.3 Å². The molecule has 1 heterocycles. The molecule has 0 spiro atoms. The minimum Gasteiger partial charge on any atom is -0.489 e. The molecule has 1 amide bonds. The van der Waals surface area contributed by atoms with Crippen LogP contribution in [-0.2, 0) is 11.4 Å². The molecule has 0 aliphatic carbocycles. The second kappa shape index (κ2) is 7.61. The molecule has 0 aliphatic heterocycles. The summed E-state index contributed by atoms with van der Waals surface area (Å²) < 4.78 is 6.82. The van der Waals surface area contributed by atoms with Gasteiger partial charge in [0.05, 0.1) is 3.79 Å². The minimum atomic E-state index is -1.05. The number of benzene rings is 1. The number of halogens is 1. The Bertz CT molecular complexity index is 729. The van der Waals surface area contributed by atoms with Crippen molar-refractivity contribution >= 4 is 39.1 Å². The van der Waals surface area contributed by atoms with E-state index in [-0.39, 0.29) is 12.5 Å². The number of aryl methyl sites for hydroxylation is 1. The third kappa shape index (κ3) is 4.80. The molecular formula is C16H16BrNO4S. The summed E-state index contributed by atoms with van der Waals surface area (Å²) in [6.45, 7) is 1.96. The molecule has 0 saturated heterocycles. The van der Waals surface area contributed by atoms with Crippen LogP contribution in [0.4, 0.5) is 0 Å². The Morgan fingerprint density at radius 3 is 2.70 bits per heavy atom. The number of carbonyl (C=O) groups is 2. The smallest absolute Gasteiger partial charge is 0.323 e. The fraction of sp³-hybridized carbons (Fsp3) is 0.250. The van der Waals surface area contributed by atoms with Crippen molar-refractivity contribution in [2.75, 3.05) is 13.6 Å². The summed E-state index contributed by atoms with van der Waals surface area (Å²) in [5.74, 6) is -0.787. The Hall–Kier alpha value is -1.86. The number of carboxylic acid groups (broad SMARTS) is 1. The molecule has 2 rings (SSSR count). The highest BCUT2D eigenvalue weighted by Gasteiger charge is 2.16. The molecule has 1 N–H and O–H groups in total. The number of ether oxygens (including phenoxy) is 1. The van der Waals surface area contributed by atoms with Gasteiger partial charge >= 0.3 is 5.97 Å². The normalized spacial score (nSPS) is 10.4. The number of thiophene rings is 1. The maximum Gasteiger partial charge on any atom is 0.323 e. The van der Waals surface area contributed by atoms with Crippen LogP contribution in [0.5, 0.6) is 5.75 Å². The Labute approximate surface area is 146 Å². The second-order valence-corrected chi connectivity index (χ2v) is 7.37. The van der Waals surface area contributed by atoms with Crippen LogP contribution in [0.3, 0.4) is 0 Å². The quantitative estimate of drug-likeness (QED) is 0.808. The molecule has 0 radical (unpaired) electrons. The number of carbonyl (C=O) groups excluding carboxylic acids is 1. The molecule has 1 aromatic carbocycles. The van der Waals surface area contributed by atoms with Gasteiger partial charge in [0, 0.05) is 18.2 Å². The maximum absolute atomic E-state index is 12.2. The van der Waals surface area contributed by atoms with E-state index in [2.05, 4.69) is 15.9 Å². The first-order chi connectivity index (χ1) is 10.9. The number of amides is 1. The largest absolute Gasteiger partial charge is 0.489 e. The molecule has 0 atom stereocenters. The fourth-order valence-electron chi connectivity index (χ4n) is 1.97. The van der Waals surface area contributed by atoms with Crippen LogP contribution >= 0.6 is 27.3 Å². The zero-order valence-electron chi connectivity index (χ0n) is 12.7. The van der Waals surface area contributed by atoms with Crippen molar-refractivity contribution in [2.24, 2.45) is 0 Å². The topological polar surface area (TPSA) is 66.8 Å². The fourth-order valence-corrected chi connectivity index (χ4v) is 3.16. The van der Waals surface area contributed by atoms with Crippen LogP contribution in [0, 0.1) is 6.92 Å². The highest BCUT2D eigenvalue weighted by molar-refractivity contribution is 9.11. The number of likely N-dealkylation sites (N-methyl/N-ethyl adjacent to an activating group) is 1. The van der Waals surface area contributed by atoms with E-state index in [0.29, 0.717) is 17.9 Å². The van der Waals surface area contributed by atoms with Gasteiger partial charge in [-0.25, -0.2) is 0 Å². The molecule has 0 bridgehead atoms. The van der Waals surface area contributed by atoms with Gasteiger partial charge in [0.25, 0.3) is 5.91 Å². The summed E-state index contributed by atoms with van der Waals surface area (Å²) in [6.07, 6.45) is 0. The van der Waals surface area contributed by atoms with E-state index in [1.54, 1.807) is 29.5 Å². The van der Waals surface area contributed by atoms with E-state index in [9.17, 15) is 9.59 Å². The summed E-state index contributed by atoms with van der Waals surface area (Å²) in [6, 6.07) is 7.10. The maximum atomic E-state index is 12.2.